The molecule has 0 saturated carbocycles. The Kier molecular flexibility index (Phi) is 5.38. The molecular formula is C18H17HgNO5S. The molecule has 0 radical (unpaired) electrons. The monoisotopic (exact) mass is 561 g/mol. The standard InChI is InChI=1S/C16H14NO3S.C2H4O2.Hg/c1-12-3-6-15(7-4-12)21(18,19)17-10-9-13-11-14(20-2)5-8-16(13)17;1-2(3)4;/h3-8,10-11H,1-2H3;1H3,(H,3,4);/q;;+1/p-1. The Morgan fingerprint density at radius 1 is 1.12 bits per heavy atom. The van der Waals surface area contributed by atoms with E-state index in [-0.39, 0.29) is 10.9 Å². The summed E-state index contributed by atoms with van der Waals surface area (Å²) >= 11 is -2.26. The molecule has 0 spiro atoms. The van der Waals surface area contributed by atoms with Crippen LogP contribution in [0.1, 0.15) is 12.5 Å². The number of ether oxygens (including phenoxy) is 1. The molecule has 0 bridgehead atoms. The molecule has 0 atom stereocenters. The van der Waals surface area contributed by atoms with Crippen molar-refractivity contribution in [3.63, 3.8) is 0 Å². The maximum absolute atomic E-state index is 13.1. The van der Waals surface area contributed by atoms with Gasteiger partial charge in [-0.25, -0.2) is 0 Å². The molecule has 1 heterocycles. The number of benzene rings is 2. The van der Waals surface area contributed by atoms with Crippen molar-refractivity contribution in [3.8, 4) is 5.75 Å². The number of methoxy groups -OCH3 is 1. The van der Waals surface area contributed by atoms with Crippen molar-refractivity contribution < 1.29 is 45.6 Å². The van der Waals surface area contributed by atoms with Crippen LogP contribution in [0.3, 0.4) is 0 Å². The fourth-order valence-electron chi connectivity index (χ4n) is 2.69. The van der Waals surface area contributed by atoms with Gasteiger partial charge in [-0.2, -0.15) is 0 Å². The average Bonchev–Trinajstić information content (AvgIpc) is 2.99. The zero-order valence-corrected chi connectivity index (χ0v) is 21.0. The molecule has 0 aliphatic carbocycles. The third kappa shape index (κ3) is 3.64. The van der Waals surface area contributed by atoms with Crippen molar-refractivity contribution in [1.29, 1.82) is 0 Å². The molecular weight excluding hydrogens is 543 g/mol. The first kappa shape index (κ1) is 18.9. The Balaban J connectivity index is 2.19. The van der Waals surface area contributed by atoms with Crippen molar-refractivity contribution in [3.05, 3.63) is 54.2 Å². The van der Waals surface area contributed by atoms with Crippen LogP contribution in [0.25, 0.3) is 10.9 Å². The molecule has 0 saturated heterocycles. The number of carbonyl (C=O) groups is 1. The van der Waals surface area contributed by atoms with Gasteiger partial charge in [-0.1, -0.05) is 0 Å². The number of hydrogen-bond acceptors (Lipinski definition) is 5. The maximum atomic E-state index is 13.1. The van der Waals surface area contributed by atoms with Gasteiger partial charge in [-0.3, -0.25) is 0 Å². The van der Waals surface area contributed by atoms with Gasteiger partial charge in [-0.05, 0) is 0 Å². The van der Waals surface area contributed by atoms with Gasteiger partial charge in [0.1, 0.15) is 0 Å². The topological polar surface area (TPSA) is 74.6 Å². The minimum absolute atomic E-state index is 0.214. The van der Waals surface area contributed by atoms with E-state index in [0.717, 1.165) is 14.0 Å². The third-order valence-corrected chi connectivity index (χ3v) is 11.3. The van der Waals surface area contributed by atoms with Crippen molar-refractivity contribution >= 4 is 30.0 Å². The Hall–Kier alpha value is -1.86. The summed E-state index contributed by atoms with van der Waals surface area (Å²) in [6.07, 6.45) is 1.59. The van der Waals surface area contributed by atoms with E-state index in [2.05, 4.69) is 0 Å². The van der Waals surface area contributed by atoms with Gasteiger partial charge in [0.25, 0.3) is 0 Å². The minimum atomic E-state index is -3.75. The van der Waals surface area contributed by atoms with Crippen molar-refractivity contribution in [2.75, 3.05) is 7.11 Å². The zero-order valence-electron chi connectivity index (χ0n) is 14.7. The molecule has 0 fully saturated rings. The van der Waals surface area contributed by atoms with E-state index in [4.69, 9.17) is 7.38 Å². The average molecular weight is 560 g/mol. The summed E-state index contributed by atoms with van der Waals surface area (Å²) in [4.78, 5) is 11.4. The quantitative estimate of drug-likeness (QED) is 0.449. The van der Waals surface area contributed by atoms with Crippen LogP contribution in [0, 0.1) is 6.92 Å². The summed E-state index contributed by atoms with van der Waals surface area (Å²) in [5, 5.41) is 0.753. The number of aryl methyl sites for hydroxylation is 1. The van der Waals surface area contributed by atoms with Crippen LogP contribution in [0.15, 0.2) is 53.6 Å². The normalized spacial score (nSPS) is 11.2. The summed E-state index contributed by atoms with van der Waals surface area (Å²) in [6.45, 7) is 3.27. The molecule has 1 aromatic heterocycles. The first-order valence-corrected chi connectivity index (χ1v) is 14.4. The first-order chi connectivity index (χ1) is 12.3. The van der Waals surface area contributed by atoms with Crippen LogP contribution >= 0.6 is 0 Å². The SMILES string of the molecule is COc1ccc2c(c1)[c]([Hg][O]C(C)=O)cn2S(=O)(=O)c1ccc(C)cc1. The molecule has 0 N–H and O–H groups in total. The Bertz CT molecular complexity index is 1070. The summed E-state index contributed by atoms with van der Waals surface area (Å²) in [7, 11) is -2.20. The molecule has 0 amide bonds. The number of carbonyl (C=O) groups excluding carboxylic acids is 1. The van der Waals surface area contributed by atoms with Gasteiger partial charge < -0.3 is 0 Å². The zero-order chi connectivity index (χ0) is 18.9. The van der Waals surface area contributed by atoms with Gasteiger partial charge in [0.15, 0.2) is 0 Å². The van der Waals surface area contributed by atoms with E-state index in [0.29, 0.717) is 11.3 Å². The van der Waals surface area contributed by atoms with E-state index < -0.39 is 35.1 Å². The molecule has 26 heavy (non-hydrogen) atoms. The Morgan fingerprint density at radius 2 is 1.81 bits per heavy atom. The predicted molar refractivity (Wildman–Crippen MR) is 93.7 cm³/mol. The fourth-order valence-corrected chi connectivity index (χ4v) is 8.69. The first-order valence-electron chi connectivity index (χ1n) is 7.96. The molecule has 132 valence electrons. The number of hydrogen-bond donors (Lipinski definition) is 0. The van der Waals surface area contributed by atoms with E-state index in [9.17, 15) is 13.2 Å². The van der Waals surface area contributed by atoms with Crippen LogP contribution in [0.4, 0.5) is 0 Å². The van der Waals surface area contributed by atoms with Gasteiger partial charge >= 0.3 is 165 Å². The molecule has 0 unspecified atom stereocenters. The number of aromatic nitrogens is 1. The second-order valence-electron chi connectivity index (χ2n) is 5.93. The van der Waals surface area contributed by atoms with Crippen LogP contribution in [-0.2, 0) is 42.5 Å². The van der Waals surface area contributed by atoms with E-state index in [1.54, 1.807) is 55.8 Å². The predicted octanol–water partition coefficient (Wildman–Crippen LogP) is 2.38. The van der Waals surface area contributed by atoms with Crippen molar-refractivity contribution in [2.24, 2.45) is 0 Å². The second kappa shape index (κ2) is 7.40. The molecule has 0 aliphatic heterocycles. The van der Waals surface area contributed by atoms with E-state index >= 15 is 0 Å². The Labute approximate surface area is 164 Å². The second-order valence-corrected chi connectivity index (χ2v) is 13.0. The Morgan fingerprint density at radius 3 is 2.42 bits per heavy atom. The summed E-state index contributed by atoms with van der Waals surface area (Å²) in [6, 6.07) is 11.9. The summed E-state index contributed by atoms with van der Waals surface area (Å²) < 4.78 is 38.9. The fraction of sp³-hybridized carbons (Fsp3) is 0.167. The third-order valence-electron chi connectivity index (χ3n) is 4.07. The number of nitrogens with zero attached hydrogens (tertiary/aromatic N) is 1. The number of rotatable bonds is 5. The molecule has 3 aromatic rings. The van der Waals surface area contributed by atoms with E-state index in [1.165, 1.54) is 10.9 Å². The van der Waals surface area contributed by atoms with Crippen molar-refractivity contribution in [1.82, 2.24) is 3.97 Å². The van der Waals surface area contributed by atoms with Crippen LogP contribution < -0.4 is 7.81 Å². The van der Waals surface area contributed by atoms with E-state index in [1.807, 2.05) is 6.92 Å². The van der Waals surface area contributed by atoms with Gasteiger partial charge in [-0.15, -0.1) is 0 Å². The van der Waals surface area contributed by atoms with Crippen LogP contribution in [0.2, 0.25) is 0 Å². The summed E-state index contributed by atoms with van der Waals surface area (Å²) in [5.74, 6) is 0.289. The van der Waals surface area contributed by atoms with Crippen LogP contribution in [0.5, 0.6) is 5.75 Å². The molecule has 0 aliphatic rings. The van der Waals surface area contributed by atoms with Crippen molar-refractivity contribution in [2.45, 2.75) is 18.7 Å². The number of fused-ring (bicyclic) bond motifs is 1. The summed E-state index contributed by atoms with van der Waals surface area (Å²) in [5.41, 5.74) is 1.53. The van der Waals surface area contributed by atoms with Gasteiger partial charge in [0.2, 0.25) is 0 Å². The van der Waals surface area contributed by atoms with Gasteiger partial charge in [0, 0.05) is 0 Å². The van der Waals surface area contributed by atoms with Crippen LogP contribution in [-0.4, -0.2) is 25.5 Å². The van der Waals surface area contributed by atoms with Gasteiger partial charge in [0.05, 0.1) is 0 Å². The molecule has 8 heteroatoms. The molecule has 2 aromatic carbocycles. The molecule has 6 nitrogen and oxygen atoms in total. The molecule has 3 rings (SSSR count).